The molecule has 2 aromatic rings. The van der Waals surface area contributed by atoms with Crippen LogP contribution >= 0.6 is 0 Å². The van der Waals surface area contributed by atoms with Crippen molar-refractivity contribution in [2.45, 2.75) is 32.2 Å². The standard InChI is InChI=1S/C18H18F4N4O3/c19-16(20)12-8-13(17(21)22)26(24-12)9-14(27)10-4-6-25(7-5-10)15-3-1-2-11(23-15)18(28)29/h1-3,8,10,16-17H,4-7,9H2,(H,28,29). The highest BCUT2D eigenvalue weighted by molar-refractivity contribution is 5.85. The first-order valence-corrected chi connectivity index (χ1v) is 8.88. The number of ketones is 1. The maximum absolute atomic E-state index is 13.1. The van der Waals surface area contributed by atoms with E-state index in [4.69, 9.17) is 5.11 Å². The Bertz CT molecular complexity index is 895. The number of carboxylic acids is 1. The number of pyridine rings is 1. The van der Waals surface area contributed by atoms with Crippen molar-refractivity contribution in [3.63, 3.8) is 0 Å². The lowest BCUT2D eigenvalue weighted by atomic mass is 9.92. The molecule has 2 aromatic heterocycles. The van der Waals surface area contributed by atoms with Crippen LogP contribution in [0.25, 0.3) is 0 Å². The molecule has 1 aliphatic heterocycles. The molecule has 0 aliphatic carbocycles. The Morgan fingerprint density at radius 1 is 1.14 bits per heavy atom. The zero-order chi connectivity index (χ0) is 21.1. The summed E-state index contributed by atoms with van der Waals surface area (Å²) in [5.41, 5.74) is -1.58. The number of halogens is 4. The number of carbonyl (C=O) groups excluding carboxylic acids is 1. The minimum Gasteiger partial charge on any atom is -0.477 e. The largest absolute Gasteiger partial charge is 0.477 e. The molecule has 0 radical (unpaired) electrons. The molecule has 3 heterocycles. The van der Waals surface area contributed by atoms with Crippen LogP contribution in [-0.4, -0.2) is 44.7 Å². The molecule has 0 amide bonds. The van der Waals surface area contributed by atoms with Crippen molar-refractivity contribution >= 4 is 17.6 Å². The van der Waals surface area contributed by atoms with E-state index in [2.05, 4.69) is 10.1 Å². The van der Waals surface area contributed by atoms with Crippen LogP contribution in [0.15, 0.2) is 24.3 Å². The van der Waals surface area contributed by atoms with Crippen molar-refractivity contribution in [3.8, 4) is 0 Å². The van der Waals surface area contributed by atoms with E-state index in [0.717, 1.165) is 0 Å². The average Bonchev–Trinajstić information content (AvgIpc) is 3.12. The van der Waals surface area contributed by atoms with Gasteiger partial charge in [-0.15, -0.1) is 0 Å². The first-order chi connectivity index (χ1) is 13.8. The quantitative estimate of drug-likeness (QED) is 0.700. The molecule has 7 nitrogen and oxygen atoms in total. The topological polar surface area (TPSA) is 88.3 Å². The third kappa shape index (κ3) is 4.72. The van der Waals surface area contributed by atoms with Gasteiger partial charge in [0.2, 0.25) is 0 Å². The second-order valence-corrected chi connectivity index (χ2v) is 6.67. The van der Waals surface area contributed by atoms with Crippen molar-refractivity contribution in [2.24, 2.45) is 5.92 Å². The summed E-state index contributed by atoms with van der Waals surface area (Å²) < 4.78 is 52.2. The Labute approximate surface area is 162 Å². The second kappa shape index (κ2) is 8.58. The van der Waals surface area contributed by atoms with E-state index in [1.54, 1.807) is 12.1 Å². The lowest BCUT2D eigenvalue weighted by molar-refractivity contribution is -0.124. The Kier molecular flexibility index (Phi) is 6.14. The van der Waals surface area contributed by atoms with Gasteiger partial charge < -0.3 is 10.0 Å². The Hall–Kier alpha value is -2.98. The van der Waals surface area contributed by atoms with Gasteiger partial charge in [-0.3, -0.25) is 9.48 Å². The Morgan fingerprint density at radius 3 is 2.41 bits per heavy atom. The maximum Gasteiger partial charge on any atom is 0.354 e. The van der Waals surface area contributed by atoms with E-state index >= 15 is 0 Å². The van der Waals surface area contributed by atoms with Gasteiger partial charge in [0, 0.05) is 19.0 Å². The van der Waals surface area contributed by atoms with Gasteiger partial charge in [-0.1, -0.05) is 6.07 Å². The molecule has 0 saturated carbocycles. The number of alkyl halides is 4. The highest BCUT2D eigenvalue weighted by Gasteiger charge is 2.28. The van der Waals surface area contributed by atoms with Crippen LogP contribution in [0.3, 0.4) is 0 Å². The lowest BCUT2D eigenvalue weighted by Gasteiger charge is -2.32. The molecule has 3 rings (SSSR count). The normalized spacial score (nSPS) is 15.3. The highest BCUT2D eigenvalue weighted by atomic mass is 19.3. The van der Waals surface area contributed by atoms with E-state index in [-0.39, 0.29) is 11.5 Å². The third-order valence-corrected chi connectivity index (χ3v) is 4.81. The van der Waals surface area contributed by atoms with Crippen LogP contribution in [0.2, 0.25) is 0 Å². The summed E-state index contributed by atoms with van der Waals surface area (Å²) in [6, 6.07) is 5.24. The van der Waals surface area contributed by atoms with Crippen molar-refractivity contribution in [3.05, 3.63) is 41.3 Å². The average molecular weight is 414 g/mol. The number of rotatable bonds is 7. The summed E-state index contributed by atoms with van der Waals surface area (Å²) >= 11 is 0. The first kappa shape index (κ1) is 20.7. The summed E-state index contributed by atoms with van der Waals surface area (Å²) in [6.07, 6.45) is -5.20. The van der Waals surface area contributed by atoms with Gasteiger partial charge in [-0.2, -0.15) is 5.10 Å². The summed E-state index contributed by atoms with van der Waals surface area (Å²) in [6.45, 7) is 0.356. The molecule has 1 N–H and O–H groups in total. The molecular formula is C18H18F4N4O3. The molecule has 0 aromatic carbocycles. The molecule has 1 aliphatic rings. The van der Waals surface area contributed by atoms with Crippen LogP contribution in [0.1, 0.15) is 47.6 Å². The van der Waals surface area contributed by atoms with Crippen LogP contribution in [-0.2, 0) is 11.3 Å². The van der Waals surface area contributed by atoms with Crippen LogP contribution in [0.5, 0.6) is 0 Å². The van der Waals surface area contributed by atoms with Crippen molar-refractivity contribution < 1.29 is 32.3 Å². The highest BCUT2D eigenvalue weighted by Crippen LogP contribution is 2.27. The SMILES string of the molecule is O=C(O)c1cccc(N2CCC(C(=O)Cn3nc(C(F)F)cc3C(F)F)CC2)n1. The molecule has 11 heteroatoms. The molecule has 1 fully saturated rings. The fraction of sp³-hybridized carbons (Fsp3) is 0.444. The number of Topliss-reactive ketones (excluding diaryl/α,β-unsaturated/α-hetero) is 1. The molecule has 0 atom stereocenters. The minimum atomic E-state index is -3.02. The maximum atomic E-state index is 13.1. The zero-order valence-corrected chi connectivity index (χ0v) is 15.1. The molecule has 1 saturated heterocycles. The monoisotopic (exact) mass is 414 g/mol. The number of aromatic carboxylic acids is 1. The molecule has 0 bridgehead atoms. The predicted molar refractivity (Wildman–Crippen MR) is 93.3 cm³/mol. The van der Waals surface area contributed by atoms with Gasteiger partial charge in [0.25, 0.3) is 12.9 Å². The number of carbonyl (C=O) groups is 2. The Balaban J connectivity index is 1.64. The smallest absolute Gasteiger partial charge is 0.354 e. The summed E-state index contributed by atoms with van der Waals surface area (Å²) in [5.74, 6) is -1.46. The van der Waals surface area contributed by atoms with Crippen molar-refractivity contribution in [1.29, 1.82) is 0 Å². The van der Waals surface area contributed by atoms with Gasteiger partial charge in [0.05, 0.1) is 0 Å². The number of hydrogen-bond donors (Lipinski definition) is 1. The first-order valence-electron chi connectivity index (χ1n) is 8.88. The van der Waals surface area contributed by atoms with E-state index in [0.29, 0.717) is 42.5 Å². The number of piperidine rings is 1. The van der Waals surface area contributed by atoms with Crippen LogP contribution in [0, 0.1) is 5.92 Å². The molecule has 29 heavy (non-hydrogen) atoms. The predicted octanol–water partition coefficient (Wildman–Crippen LogP) is 3.34. The molecular weight excluding hydrogens is 396 g/mol. The molecule has 156 valence electrons. The number of carboxylic acid groups (broad SMARTS) is 1. The van der Waals surface area contributed by atoms with E-state index in [9.17, 15) is 27.2 Å². The second-order valence-electron chi connectivity index (χ2n) is 6.67. The van der Waals surface area contributed by atoms with Crippen LogP contribution in [0.4, 0.5) is 23.4 Å². The van der Waals surface area contributed by atoms with Crippen molar-refractivity contribution in [2.75, 3.05) is 18.0 Å². The van der Waals surface area contributed by atoms with E-state index in [1.165, 1.54) is 6.07 Å². The summed E-state index contributed by atoms with van der Waals surface area (Å²) in [5, 5.41) is 12.5. The molecule has 0 spiro atoms. The number of nitrogens with zero attached hydrogens (tertiary/aromatic N) is 4. The van der Waals surface area contributed by atoms with Crippen LogP contribution < -0.4 is 4.90 Å². The summed E-state index contributed by atoms with van der Waals surface area (Å²) in [7, 11) is 0. The van der Waals surface area contributed by atoms with Crippen molar-refractivity contribution in [1.82, 2.24) is 14.8 Å². The van der Waals surface area contributed by atoms with Gasteiger partial charge in [0.1, 0.15) is 23.8 Å². The number of hydrogen-bond acceptors (Lipinski definition) is 5. The zero-order valence-electron chi connectivity index (χ0n) is 15.1. The minimum absolute atomic E-state index is 0.0891. The van der Waals surface area contributed by atoms with Gasteiger partial charge in [-0.05, 0) is 31.0 Å². The van der Waals surface area contributed by atoms with Gasteiger partial charge in [-0.25, -0.2) is 27.3 Å². The van der Waals surface area contributed by atoms with E-state index < -0.39 is 42.7 Å². The van der Waals surface area contributed by atoms with Gasteiger partial charge in [0.15, 0.2) is 11.5 Å². The lowest BCUT2D eigenvalue weighted by Crippen LogP contribution is -2.38. The van der Waals surface area contributed by atoms with E-state index in [1.807, 2.05) is 4.90 Å². The molecule has 0 unspecified atom stereocenters. The third-order valence-electron chi connectivity index (χ3n) is 4.81. The Morgan fingerprint density at radius 2 is 1.83 bits per heavy atom. The van der Waals surface area contributed by atoms with Gasteiger partial charge >= 0.3 is 5.97 Å². The fourth-order valence-electron chi connectivity index (χ4n) is 3.29. The summed E-state index contributed by atoms with van der Waals surface area (Å²) in [4.78, 5) is 29.4. The number of anilines is 1. The fourth-order valence-corrected chi connectivity index (χ4v) is 3.29. The number of aromatic nitrogens is 3.